The molecule has 0 unspecified atom stereocenters. The first-order valence-electron chi connectivity index (χ1n) is 5.10. The molecule has 1 aliphatic rings. The van der Waals surface area contributed by atoms with E-state index >= 15 is 0 Å². The average Bonchev–Trinajstić information content (AvgIpc) is 2.69. The lowest BCUT2D eigenvalue weighted by Crippen LogP contribution is -2.16. The minimum absolute atomic E-state index is 0.171. The smallest absolute Gasteiger partial charge is 0.406 e. The molecule has 0 spiro atoms. The Hall–Kier alpha value is -1.45. The summed E-state index contributed by atoms with van der Waals surface area (Å²) in [4.78, 5) is 0. The summed E-state index contributed by atoms with van der Waals surface area (Å²) >= 11 is 0. The zero-order valence-electron chi connectivity index (χ0n) is 8.55. The third kappa shape index (κ3) is 2.78. The summed E-state index contributed by atoms with van der Waals surface area (Å²) in [6.45, 7) is 0. The maximum absolute atomic E-state index is 11.9. The van der Waals surface area contributed by atoms with Crippen LogP contribution in [0, 0.1) is 0 Å². The number of rotatable bonds is 2. The fourth-order valence-electron chi connectivity index (χ4n) is 1.80. The number of allylic oxidation sites excluding steroid dienone is 2. The molecular formula is C12H11F3O. The molecule has 1 aromatic carbocycles. The third-order valence-electron chi connectivity index (χ3n) is 2.50. The monoisotopic (exact) mass is 228 g/mol. The van der Waals surface area contributed by atoms with Crippen molar-refractivity contribution in [3.8, 4) is 5.75 Å². The van der Waals surface area contributed by atoms with Gasteiger partial charge < -0.3 is 4.74 Å². The van der Waals surface area contributed by atoms with E-state index < -0.39 is 6.36 Å². The molecule has 0 N–H and O–H groups in total. The molecule has 4 heteroatoms. The zero-order valence-corrected chi connectivity index (χ0v) is 8.55. The Kier molecular flexibility index (Phi) is 2.90. The third-order valence-corrected chi connectivity index (χ3v) is 2.50. The first kappa shape index (κ1) is 11.0. The van der Waals surface area contributed by atoms with Gasteiger partial charge in [0.2, 0.25) is 0 Å². The van der Waals surface area contributed by atoms with Gasteiger partial charge in [0.05, 0.1) is 0 Å². The summed E-state index contributed by atoms with van der Waals surface area (Å²) in [5.41, 5.74) is 2.19. The van der Waals surface area contributed by atoms with Gasteiger partial charge >= 0.3 is 6.36 Å². The van der Waals surface area contributed by atoms with E-state index in [1.165, 1.54) is 17.7 Å². The SMILES string of the molecule is FC(F)(F)Oc1ccc(C2=CCCC2)cc1. The molecule has 0 atom stereocenters. The molecule has 0 heterocycles. The summed E-state index contributed by atoms with van der Waals surface area (Å²) in [7, 11) is 0. The van der Waals surface area contributed by atoms with Gasteiger partial charge in [-0.2, -0.15) is 0 Å². The summed E-state index contributed by atoms with van der Waals surface area (Å²) in [5.74, 6) is -0.171. The number of benzene rings is 1. The first-order chi connectivity index (χ1) is 7.54. The Labute approximate surface area is 91.5 Å². The maximum atomic E-state index is 11.9. The van der Waals surface area contributed by atoms with E-state index in [2.05, 4.69) is 10.8 Å². The Morgan fingerprint density at radius 3 is 2.25 bits per heavy atom. The molecule has 16 heavy (non-hydrogen) atoms. The van der Waals surface area contributed by atoms with Crippen LogP contribution in [-0.4, -0.2) is 6.36 Å². The first-order valence-corrected chi connectivity index (χ1v) is 5.10. The largest absolute Gasteiger partial charge is 0.573 e. The lowest BCUT2D eigenvalue weighted by atomic mass is 10.1. The molecule has 0 radical (unpaired) electrons. The minimum atomic E-state index is -4.62. The Bertz CT molecular complexity index is 390. The molecule has 0 amide bonds. The molecule has 2 rings (SSSR count). The summed E-state index contributed by atoms with van der Waals surface area (Å²) in [5, 5.41) is 0. The highest BCUT2D eigenvalue weighted by molar-refractivity contribution is 5.67. The highest BCUT2D eigenvalue weighted by Crippen LogP contribution is 2.29. The van der Waals surface area contributed by atoms with Crippen molar-refractivity contribution in [3.63, 3.8) is 0 Å². The fraction of sp³-hybridized carbons (Fsp3) is 0.333. The molecule has 0 saturated heterocycles. The molecule has 1 aliphatic carbocycles. The van der Waals surface area contributed by atoms with Crippen molar-refractivity contribution in [1.82, 2.24) is 0 Å². The van der Waals surface area contributed by atoms with Gasteiger partial charge in [-0.05, 0) is 42.5 Å². The second-order valence-electron chi connectivity index (χ2n) is 3.69. The van der Waals surface area contributed by atoms with E-state index in [-0.39, 0.29) is 5.75 Å². The van der Waals surface area contributed by atoms with Crippen LogP contribution in [0.2, 0.25) is 0 Å². The van der Waals surface area contributed by atoms with Crippen molar-refractivity contribution in [3.05, 3.63) is 35.9 Å². The van der Waals surface area contributed by atoms with E-state index in [1.807, 2.05) is 0 Å². The van der Waals surface area contributed by atoms with E-state index in [4.69, 9.17) is 0 Å². The molecule has 1 aromatic rings. The van der Waals surface area contributed by atoms with E-state index in [0.29, 0.717) is 0 Å². The van der Waals surface area contributed by atoms with Crippen LogP contribution >= 0.6 is 0 Å². The van der Waals surface area contributed by atoms with Crippen molar-refractivity contribution >= 4 is 5.57 Å². The predicted octanol–water partition coefficient (Wildman–Crippen LogP) is 4.15. The molecule has 0 bridgehead atoms. The molecule has 0 fully saturated rings. The van der Waals surface area contributed by atoms with Crippen LogP contribution < -0.4 is 4.74 Å². The highest BCUT2D eigenvalue weighted by atomic mass is 19.4. The number of halogens is 3. The Morgan fingerprint density at radius 1 is 1.06 bits per heavy atom. The van der Waals surface area contributed by atoms with Crippen LogP contribution in [0.15, 0.2) is 30.3 Å². The lowest BCUT2D eigenvalue weighted by Gasteiger charge is -2.09. The Balaban J connectivity index is 2.10. The van der Waals surface area contributed by atoms with Crippen LogP contribution in [0.4, 0.5) is 13.2 Å². The van der Waals surface area contributed by atoms with E-state index in [9.17, 15) is 13.2 Å². The summed E-state index contributed by atoms with van der Waals surface area (Å²) < 4.78 is 39.5. The molecule has 0 aromatic heterocycles. The molecule has 0 saturated carbocycles. The van der Waals surface area contributed by atoms with Gasteiger partial charge in [-0.25, -0.2) is 0 Å². The number of hydrogen-bond acceptors (Lipinski definition) is 1. The number of hydrogen-bond donors (Lipinski definition) is 0. The van der Waals surface area contributed by atoms with Crippen LogP contribution in [-0.2, 0) is 0 Å². The second kappa shape index (κ2) is 4.20. The van der Waals surface area contributed by atoms with Gasteiger partial charge in [0, 0.05) is 0 Å². The average molecular weight is 228 g/mol. The normalized spacial score (nSPS) is 16.1. The van der Waals surface area contributed by atoms with Crippen LogP contribution in [0.25, 0.3) is 5.57 Å². The molecule has 0 aliphatic heterocycles. The van der Waals surface area contributed by atoms with Gasteiger partial charge in [0.1, 0.15) is 5.75 Å². The Morgan fingerprint density at radius 2 is 1.75 bits per heavy atom. The van der Waals surface area contributed by atoms with Crippen molar-refractivity contribution in [1.29, 1.82) is 0 Å². The van der Waals surface area contributed by atoms with E-state index in [0.717, 1.165) is 24.8 Å². The number of ether oxygens (including phenoxy) is 1. The van der Waals surface area contributed by atoms with Gasteiger partial charge in [0.15, 0.2) is 0 Å². The van der Waals surface area contributed by atoms with Crippen molar-refractivity contribution in [2.45, 2.75) is 25.6 Å². The van der Waals surface area contributed by atoms with Crippen molar-refractivity contribution in [2.75, 3.05) is 0 Å². The molecule has 86 valence electrons. The van der Waals surface area contributed by atoms with Gasteiger partial charge in [-0.15, -0.1) is 13.2 Å². The second-order valence-corrected chi connectivity index (χ2v) is 3.69. The van der Waals surface area contributed by atoms with Crippen molar-refractivity contribution < 1.29 is 17.9 Å². The quantitative estimate of drug-likeness (QED) is 0.738. The summed E-state index contributed by atoms with van der Waals surface area (Å²) in [6.07, 6.45) is 0.680. The summed E-state index contributed by atoms with van der Waals surface area (Å²) in [6, 6.07) is 6.03. The standard InChI is InChI=1S/C12H11F3O/c13-12(14,15)16-11-7-5-10(6-8-11)9-3-1-2-4-9/h3,5-8H,1-2,4H2. The fourth-order valence-corrected chi connectivity index (χ4v) is 1.80. The van der Waals surface area contributed by atoms with Crippen LogP contribution in [0.5, 0.6) is 5.75 Å². The highest BCUT2D eigenvalue weighted by Gasteiger charge is 2.30. The topological polar surface area (TPSA) is 9.23 Å². The number of alkyl halides is 3. The zero-order chi connectivity index (χ0) is 11.6. The van der Waals surface area contributed by atoms with Crippen LogP contribution in [0.3, 0.4) is 0 Å². The molecular weight excluding hydrogens is 217 g/mol. The minimum Gasteiger partial charge on any atom is -0.406 e. The van der Waals surface area contributed by atoms with E-state index in [1.54, 1.807) is 12.1 Å². The van der Waals surface area contributed by atoms with Crippen LogP contribution in [0.1, 0.15) is 24.8 Å². The predicted molar refractivity (Wildman–Crippen MR) is 55.0 cm³/mol. The van der Waals surface area contributed by atoms with Gasteiger partial charge in [0.25, 0.3) is 0 Å². The lowest BCUT2D eigenvalue weighted by molar-refractivity contribution is -0.274. The van der Waals surface area contributed by atoms with Gasteiger partial charge in [-0.3, -0.25) is 0 Å². The van der Waals surface area contributed by atoms with Crippen molar-refractivity contribution in [2.24, 2.45) is 0 Å². The molecule has 1 nitrogen and oxygen atoms in total. The maximum Gasteiger partial charge on any atom is 0.573 e. The van der Waals surface area contributed by atoms with Gasteiger partial charge in [-0.1, -0.05) is 18.2 Å².